The van der Waals surface area contributed by atoms with Crippen LogP contribution < -0.4 is 10.5 Å². The molecule has 1 aromatic heterocycles. The number of hydrogen-bond donors (Lipinski definition) is 2. The van der Waals surface area contributed by atoms with Gasteiger partial charge in [-0.25, -0.2) is 8.42 Å². The molecule has 1 aliphatic carbocycles. The Morgan fingerprint density at radius 3 is 2.66 bits per heavy atom. The second kappa shape index (κ2) is 8.63. The number of carbonyl (C=O) groups is 1. The number of nitrogens with zero attached hydrogens (tertiary/aromatic N) is 2. The standard InChI is InChI=1S/C22H18Cl2N4O3S/c23-15-8-7-14(17(24)12-15)13-22(9-2-1-4-16(22)21(25)29)28-32(30,31)19-6-3-5-18-20(19)27-11-10-26-18/h1-12,16,28H,13H2,(H2,25,29). The molecule has 3 N–H and O–H groups in total. The van der Waals surface area contributed by atoms with Gasteiger partial charge in [0.25, 0.3) is 0 Å². The Bertz CT molecular complexity index is 1370. The van der Waals surface area contributed by atoms with E-state index in [2.05, 4.69) is 14.7 Å². The van der Waals surface area contributed by atoms with Gasteiger partial charge in [-0.05, 0) is 36.2 Å². The summed E-state index contributed by atoms with van der Waals surface area (Å²) in [6.45, 7) is 0. The van der Waals surface area contributed by atoms with Gasteiger partial charge in [0, 0.05) is 22.4 Å². The maximum absolute atomic E-state index is 13.6. The van der Waals surface area contributed by atoms with Crippen LogP contribution in [0.5, 0.6) is 0 Å². The molecule has 0 radical (unpaired) electrons. The highest BCUT2D eigenvalue weighted by atomic mass is 35.5. The van der Waals surface area contributed by atoms with Crippen LogP contribution in [-0.4, -0.2) is 29.8 Å². The highest BCUT2D eigenvalue weighted by Crippen LogP contribution is 2.34. The average Bonchev–Trinajstić information content (AvgIpc) is 2.75. The van der Waals surface area contributed by atoms with Crippen molar-refractivity contribution in [3.63, 3.8) is 0 Å². The molecule has 2 unspecified atom stereocenters. The SMILES string of the molecule is NC(=O)C1C=CC=CC1(Cc1ccc(Cl)cc1Cl)NS(=O)(=O)c1cccc2nccnc12. The molecule has 1 amide bonds. The number of carbonyl (C=O) groups excluding carboxylic acids is 1. The largest absolute Gasteiger partial charge is 0.369 e. The van der Waals surface area contributed by atoms with Crippen molar-refractivity contribution < 1.29 is 13.2 Å². The predicted molar refractivity (Wildman–Crippen MR) is 124 cm³/mol. The van der Waals surface area contributed by atoms with Crippen molar-refractivity contribution in [1.82, 2.24) is 14.7 Å². The summed E-state index contributed by atoms with van der Waals surface area (Å²) in [6.07, 6.45) is 9.45. The molecule has 10 heteroatoms. The van der Waals surface area contributed by atoms with E-state index in [1.807, 2.05) is 0 Å². The van der Waals surface area contributed by atoms with E-state index in [4.69, 9.17) is 28.9 Å². The Hall–Kier alpha value is -2.78. The molecular formula is C22H18Cl2N4O3S. The summed E-state index contributed by atoms with van der Waals surface area (Å²) in [5, 5.41) is 0.784. The third-order valence-electron chi connectivity index (χ3n) is 5.24. The van der Waals surface area contributed by atoms with Crippen LogP contribution in [0, 0.1) is 5.92 Å². The number of amides is 1. The van der Waals surface area contributed by atoms with Crippen molar-refractivity contribution in [2.45, 2.75) is 16.9 Å². The first-order chi connectivity index (χ1) is 15.2. The maximum Gasteiger partial charge on any atom is 0.243 e. The van der Waals surface area contributed by atoms with Crippen LogP contribution >= 0.6 is 23.2 Å². The molecule has 2 aromatic carbocycles. The number of benzene rings is 2. The van der Waals surface area contributed by atoms with Crippen molar-refractivity contribution in [2.24, 2.45) is 11.7 Å². The monoisotopic (exact) mass is 488 g/mol. The van der Waals surface area contributed by atoms with Crippen molar-refractivity contribution in [3.05, 3.63) is 88.7 Å². The Morgan fingerprint density at radius 1 is 1.12 bits per heavy atom. The number of sulfonamides is 1. The second-order valence-electron chi connectivity index (χ2n) is 7.36. The van der Waals surface area contributed by atoms with Crippen LogP contribution in [0.1, 0.15) is 5.56 Å². The molecule has 1 aliphatic rings. The topological polar surface area (TPSA) is 115 Å². The lowest BCUT2D eigenvalue weighted by Gasteiger charge is -2.38. The summed E-state index contributed by atoms with van der Waals surface area (Å²) in [4.78, 5) is 20.7. The fraction of sp³-hybridized carbons (Fsp3) is 0.136. The normalized spacial score (nSPS) is 20.5. The van der Waals surface area contributed by atoms with Gasteiger partial charge in [-0.2, -0.15) is 4.72 Å². The van der Waals surface area contributed by atoms with E-state index in [0.717, 1.165) is 0 Å². The molecule has 0 spiro atoms. The molecule has 4 rings (SSSR count). The van der Waals surface area contributed by atoms with Crippen LogP contribution in [-0.2, 0) is 21.2 Å². The number of primary amides is 1. The van der Waals surface area contributed by atoms with Crippen molar-refractivity contribution >= 4 is 50.2 Å². The smallest absolute Gasteiger partial charge is 0.243 e. The van der Waals surface area contributed by atoms with E-state index in [1.165, 1.54) is 18.5 Å². The van der Waals surface area contributed by atoms with Gasteiger partial charge in [0.1, 0.15) is 10.4 Å². The Balaban J connectivity index is 1.84. The summed E-state index contributed by atoms with van der Waals surface area (Å²) < 4.78 is 29.9. The Kier molecular flexibility index (Phi) is 6.05. The zero-order valence-corrected chi connectivity index (χ0v) is 18.9. The molecule has 164 valence electrons. The number of nitrogens with one attached hydrogen (secondary N) is 1. The van der Waals surface area contributed by atoms with Gasteiger partial charge in [0.15, 0.2) is 0 Å². The number of fused-ring (bicyclic) bond motifs is 1. The molecule has 0 saturated heterocycles. The number of aromatic nitrogens is 2. The van der Waals surface area contributed by atoms with E-state index in [0.29, 0.717) is 21.1 Å². The summed E-state index contributed by atoms with van der Waals surface area (Å²) in [5.74, 6) is -1.65. The zero-order chi connectivity index (χ0) is 22.9. The first-order valence-electron chi connectivity index (χ1n) is 9.55. The molecule has 0 bridgehead atoms. The minimum Gasteiger partial charge on any atom is -0.369 e. The molecule has 3 aromatic rings. The van der Waals surface area contributed by atoms with E-state index in [9.17, 15) is 13.2 Å². The van der Waals surface area contributed by atoms with Crippen LogP contribution in [0.4, 0.5) is 0 Å². The first-order valence-corrected chi connectivity index (χ1v) is 11.8. The number of para-hydroxylation sites is 1. The fourth-order valence-corrected chi connectivity index (χ4v) is 5.82. The third-order valence-corrected chi connectivity index (χ3v) is 7.39. The van der Waals surface area contributed by atoms with E-state index in [1.54, 1.807) is 54.6 Å². The number of allylic oxidation sites excluding steroid dienone is 2. The first kappa shape index (κ1) is 22.4. The van der Waals surface area contributed by atoms with Crippen molar-refractivity contribution in [2.75, 3.05) is 0 Å². The summed E-state index contributed by atoms with van der Waals surface area (Å²) in [5.41, 5.74) is 5.51. The Labute approximate surface area is 195 Å². The zero-order valence-electron chi connectivity index (χ0n) is 16.6. The summed E-state index contributed by atoms with van der Waals surface area (Å²) in [7, 11) is -4.17. The highest BCUT2D eigenvalue weighted by Gasteiger charge is 2.44. The molecule has 32 heavy (non-hydrogen) atoms. The quantitative estimate of drug-likeness (QED) is 0.551. The van der Waals surface area contributed by atoms with Gasteiger partial charge in [0.2, 0.25) is 15.9 Å². The average molecular weight is 489 g/mol. The Morgan fingerprint density at radius 2 is 1.91 bits per heavy atom. The van der Waals surface area contributed by atoms with Gasteiger partial charge >= 0.3 is 0 Å². The van der Waals surface area contributed by atoms with Crippen LogP contribution in [0.3, 0.4) is 0 Å². The molecular weight excluding hydrogens is 471 g/mol. The van der Waals surface area contributed by atoms with E-state index in [-0.39, 0.29) is 16.8 Å². The maximum atomic E-state index is 13.6. The molecule has 0 aliphatic heterocycles. The minimum absolute atomic E-state index is 0.0594. The van der Waals surface area contributed by atoms with Crippen LogP contribution in [0.25, 0.3) is 11.0 Å². The summed E-state index contributed by atoms with van der Waals surface area (Å²) >= 11 is 12.4. The van der Waals surface area contributed by atoms with Gasteiger partial charge in [0.05, 0.1) is 17.0 Å². The molecule has 0 fully saturated rings. The van der Waals surface area contributed by atoms with Crippen molar-refractivity contribution in [1.29, 1.82) is 0 Å². The summed E-state index contributed by atoms with van der Waals surface area (Å²) in [6, 6.07) is 9.57. The number of rotatable bonds is 6. The van der Waals surface area contributed by atoms with Crippen LogP contribution in [0.2, 0.25) is 10.0 Å². The fourth-order valence-electron chi connectivity index (χ4n) is 3.80. The number of hydrogen-bond acceptors (Lipinski definition) is 5. The lowest BCUT2D eigenvalue weighted by atomic mass is 9.76. The molecule has 1 heterocycles. The highest BCUT2D eigenvalue weighted by molar-refractivity contribution is 7.89. The predicted octanol–water partition coefficient (Wildman–Crippen LogP) is 3.42. The van der Waals surface area contributed by atoms with E-state index >= 15 is 0 Å². The van der Waals surface area contributed by atoms with Gasteiger partial charge in [-0.1, -0.05) is 59.6 Å². The molecule has 2 atom stereocenters. The van der Waals surface area contributed by atoms with Gasteiger partial charge in [-0.3, -0.25) is 14.8 Å². The second-order valence-corrected chi connectivity index (χ2v) is 9.86. The lowest BCUT2D eigenvalue weighted by molar-refractivity contribution is -0.121. The van der Waals surface area contributed by atoms with Gasteiger partial charge in [-0.15, -0.1) is 0 Å². The third kappa shape index (κ3) is 4.27. The number of halogens is 2. The van der Waals surface area contributed by atoms with Crippen LogP contribution in [0.15, 0.2) is 78.0 Å². The van der Waals surface area contributed by atoms with Crippen molar-refractivity contribution in [3.8, 4) is 0 Å². The van der Waals surface area contributed by atoms with Gasteiger partial charge < -0.3 is 5.73 Å². The minimum atomic E-state index is -4.17. The molecule has 0 saturated carbocycles. The molecule has 7 nitrogen and oxygen atoms in total. The number of nitrogens with two attached hydrogens (primary N) is 1. The van der Waals surface area contributed by atoms with E-state index < -0.39 is 27.4 Å². The lowest BCUT2D eigenvalue weighted by Crippen LogP contribution is -2.57.